The first-order valence-corrected chi connectivity index (χ1v) is 11.3. The van der Waals surface area contributed by atoms with Crippen molar-refractivity contribution in [3.8, 4) is 11.5 Å². The van der Waals surface area contributed by atoms with Gasteiger partial charge in [-0.25, -0.2) is 0 Å². The molecule has 1 atom stereocenters. The van der Waals surface area contributed by atoms with E-state index in [0.717, 1.165) is 0 Å². The van der Waals surface area contributed by atoms with Crippen molar-refractivity contribution in [2.45, 2.75) is 13.0 Å². The molecule has 3 aromatic carbocycles. The van der Waals surface area contributed by atoms with E-state index >= 15 is 0 Å². The van der Waals surface area contributed by atoms with Crippen molar-refractivity contribution in [2.75, 3.05) is 24.4 Å². The van der Waals surface area contributed by atoms with Gasteiger partial charge in [0.05, 0.1) is 25.8 Å². The molecule has 0 bridgehead atoms. The predicted molar refractivity (Wildman–Crippen MR) is 137 cm³/mol. The van der Waals surface area contributed by atoms with E-state index in [0.29, 0.717) is 39.0 Å². The second-order valence-corrected chi connectivity index (χ2v) is 8.45. The Labute approximate surface area is 212 Å². The molecule has 8 nitrogen and oxygen atoms in total. The van der Waals surface area contributed by atoms with Crippen LogP contribution < -0.4 is 19.7 Å². The molecule has 1 aliphatic heterocycles. The van der Waals surface area contributed by atoms with Gasteiger partial charge in [-0.05, 0) is 66.2 Å². The third kappa shape index (κ3) is 4.63. The molecule has 1 heterocycles. The highest BCUT2D eigenvalue weighted by Crippen LogP contribution is 2.44. The van der Waals surface area contributed by atoms with E-state index in [-0.39, 0.29) is 17.2 Å². The van der Waals surface area contributed by atoms with Crippen LogP contribution >= 0.6 is 11.6 Å². The van der Waals surface area contributed by atoms with Crippen LogP contribution in [0.25, 0.3) is 5.76 Å². The summed E-state index contributed by atoms with van der Waals surface area (Å²) in [5.41, 5.74) is 1.71. The first-order chi connectivity index (χ1) is 17.2. The molecule has 1 unspecified atom stereocenters. The van der Waals surface area contributed by atoms with Gasteiger partial charge in [-0.15, -0.1) is 0 Å². The smallest absolute Gasteiger partial charge is 0.300 e. The van der Waals surface area contributed by atoms with Gasteiger partial charge in [0.15, 0.2) is 11.5 Å². The summed E-state index contributed by atoms with van der Waals surface area (Å²) in [7, 11) is 2.98. The Morgan fingerprint density at radius 2 is 1.58 bits per heavy atom. The number of Topliss-reactive ketones (excluding diaryl/α,β-unsaturated/α-hetero) is 1. The summed E-state index contributed by atoms with van der Waals surface area (Å²) in [5, 5.41) is 14.3. The van der Waals surface area contributed by atoms with E-state index in [1.807, 2.05) is 0 Å². The number of methoxy groups -OCH3 is 2. The van der Waals surface area contributed by atoms with E-state index in [1.54, 1.807) is 66.7 Å². The summed E-state index contributed by atoms with van der Waals surface area (Å²) >= 11 is 5.98. The number of hydrogen-bond acceptors (Lipinski definition) is 6. The molecule has 0 aliphatic carbocycles. The second-order valence-electron chi connectivity index (χ2n) is 8.02. The Morgan fingerprint density at radius 3 is 2.17 bits per heavy atom. The number of ketones is 1. The minimum absolute atomic E-state index is 0.0829. The summed E-state index contributed by atoms with van der Waals surface area (Å²) in [6, 6.07) is 16.8. The molecule has 0 radical (unpaired) electrons. The van der Waals surface area contributed by atoms with Gasteiger partial charge in [0.2, 0.25) is 5.91 Å². The van der Waals surface area contributed by atoms with Gasteiger partial charge >= 0.3 is 0 Å². The minimum atomic E-state index is -0.966. The Hall–Kier alpha value is -4.30. The standard InChI is InChI=1S/C27H23ClN2O6/c1-15(31)29-19-9-11-20(12-10-19)30-24(17-6-13-21(35-2)22(14-17)36-3)23(26(33)27(30)34)25(32)16-4-7-18(28)8-5-16/h4-14,24,32H,1-3H3,(H,29,31). The normalized spacial score (nSPS) is 16.7. The number of carbonyl (C=O) groups excluding carboxylic acids is 3. The average molecular weight is 507 g/mol. The highest BCUT2D eigenvalue weighted by Gasteiger charge is 2.47. The highest BCUT2D eigenvalue weighted by atomic mass is 35.5. The van der Waals surface area contributed by atoms with E-state index in [2.05, 4.69) is 5.32 Å². The SMILES string of the molecule is COc1ccc(C2C(=C(O)c3ccc(Cl)cc3)C(=O)C(=O)N2c2ccc(NC(C)=O)cc2)cc1OC. The average Bonchev–Trinajstić information content (AvgIpc) is 3.14. The number of anilines is 2. The maximum absolute atomic E-state index is 13.3. The van der Waals surface area contributed by atoms with E-state index in [9.17, 15) is 19.5 Å². The van der Waals surface area contributed by atoms with Gasteiger partial charge in [-0.1, -0.05) is 17.7 Å². The van der Waals surface area contributed by atoms with Gasteiger partial charge in [-0.3, -0.25) is 19.3 Å². The third-order valence-electron chi connectivity index (χ3n) is 5.75. The lowest BCUT2D eigenvalue weighted by molar-refractivity contribution is -0.132. The Bertz CT molecular complexity index is 1370. The molecule has 0 saturated carbocycles. The van der Waals surface area contributed by atoms with Crippen LogP contribution in [0.4, 0.5) is 11.4 Å². The number of nitrogens with zero attached hydrogens (tertiary/aromatic N) is 1. The number of hydrogen-bond donors (Lipinski definition) is 2. The van der Waals surface area contributed by atoms with Gasteiger partial charge in [0.1, 0.15) is 5.76 Å². The fraction of sp³-hybridized carbons (Fsp3) is 0.148. The van der Waals surface area contributed by atoms with Crippen LogP contribution in [0.5, 0.6) is 11.5 Å². The van der Waals surface area contributed by atoms with E-state index in [1.165, 1.54) is 26.0 Å². The fourth-order valence-electron chi connectivity index (χ4n) is 4.11. The molecule has 3 aromatic rings. The Morgan fingerprint density at radius 1 is 0.944 bits per heavy atom. The van der Waals surface area contributed by atoms with Crippen molar-refractivity contribution in [3.63, 3.8) is 0 Å². The Balaban J connectivity index is 1.91. The number of ether oxygens (including phenoxy) is 2. The quantitative estimate of drug-likeness (QED) is 0.279. The van der Waals surface area contributed by atoms with Crippen molar-refractivity contribution in [1.29, 1.82) is 0 Å². The fourth-order valence-corrected chi connectivity index (χ4v) is 4.24. The zero-order chi connectivity index (χ0) is 26.0. The Kier molecular flexibility index (Phi) is 6.98. The number of aliphatic hydroxyl groups excluding tert-OH is 1. The number of rotatable bonds is 6. The molecule has 1 saturated heterocycles. The second kappa shape index (κ2) is 10.1. The number of nitrogens with one attached hydrogen (secondary N) is 1. The molecule has 2 N–H and O–H groups in total. The van der Waals surface area contributed by atoms with Crippen LogP contribution in [0.1, 0.15) is 24.1 Å². The molecule has 184 valence electrons. The maximum atomic E-state index is 13.3. The molecular weight excluding hydrogens is 484 g/mol. The zero-order valence-corrected chi connectivity index (χ0v) is 20.5. The summed E-state index contributed by atoms with van der Waals surface area (Å²) in [4.78, 5) is 39.3. The molecular formula is C27H23ClN2O6. The molecule has 9 heteroatoms. The molecule has 36 heavy (non-hydrogen) atoms. The summed E-state index contributed by atoms with van der Waals surface area (Å²) in [5.74, 6) is -1.35. The molecule has 0 spiro atoms. The summed E-state index contributed by atoms with van der Waals surface area (Å²) in [6.07, 6.45) is 0. The van der Waals surface area contributed by atoms with Crippen LogP contribution in [0, 0.1) is 0 Å². The highest BCUT2D eigenvalue weighted by molar-refractivity contribution is 6.51. The number of aliphatic hydroxyl groups is 1. The largest absolute Gasteiger partial charge is 0.507 e. The van der Waals surface area contributed by atoms with Crippen LogP contribution in [0.3, 0.4) is 0 Å². The first kappa shape index (κ1) is 24.8. The summed E-state index contributed by atoms with van der Waals surface area (Å²) in [6.45, 7) is 1.39. The third-order valence-corrected chi connectivity index (χ3v) is 6.00. The molecule has 0 aromatic heterocycles. The lowest BCUT2D eigenvalue weighted by Gasteiger charge is -2.26. The van der Waals surface area contributed by atoms with Crippen molar-refractivity contribution in [1.82, 2.24) is 0 Å². The van der Waals surface area contributed by atoms with E-state index in [4.69, 9.17) is 21.1 Å². The molecule has 4 rings (SSSR count). The summed E-state index contributed by atoms with van der Waals surface area (Å²) < 4.78 is 10.8. The molecule has 1 fully saturated rings. The van der Waals surface area contributed by atoms with Crippen LogP contribution in [0.15, 0.2) is 72.3 Å². The lowest BCUT2D eigenvalue weighted by atomic mass is 9.94. The molecule has 1 aliphatic rings. The van der Waals surface area contributed by atoms with Gasteiger partial charge < -0.3 is 19.9 Å². The van der Waals surface area contributed by atoms with Crippen molar-refractivity contribution >= 4 is 46.3 Å². The maximum Gasteiger partial charge on any atom is 0.300 e. The number of carbonyl (C=O) groups is 3. The van der Waals surface area contributed by atoms with Gasteiger partial charge in [0, 0.05) is 28.9 Å². The predicted octanol–water partition coefficient (Wildman–Crippen LogP) is 4.94. The first-order valence-electron chi connectivity index (χ1n) is 10.9. The van der Waals surface area contributed by atoms with Crippen LogP contribution in [-0.4, -0.2) is 36.9 Å². The minimum Gasteiger partial charge on any atom is -0.507 e. The lowest BCUT2D eigenvalue weighted by Crippen LogP contribution is -2.29. The number of halogens is 1. The van der Waals surface area contributed by atoms with E-state index < -0.39 is 17.7 Å². The van der Waals surface area contributed by atoms with Crippen molar-refractivity contribution in [2.24, 2.45) is 0 Å². The van der Waals surface area contributed by atoms with Gasteiger partial charge in [-0.2, -0.15) is 0 Å². The van der Waals surface area contributed by atoms with Gasteiger partial charge in [0.25, 0.3) is 11.7 Å². The van der Waals surface area contributed by atoms with Crippen LogP contribution in [0.2, 0.25) is 5.02 Å². The topological polar surface area (TPSA) is 105 Å². The monoisotopic (exact) mass is 506 g/mol. The number of amides is 2. The van der Waals surface area contributed by atoms with Crippen molar-refractivity contribution in [3.05, 3.63) is 88.5 Å². The van der Waals surface area contributed by atoms with Crippen molar-refractivity contribution < 1.29 is 29.0 Å². The molecule has 2 amide bonds. The van der Waals surface area contributed by atoms with Crippen LogP contribution in [-0.2, 0) is 14.4 Å². The number of benzene rings is 3. The zero-order valence-electron chi connectivity index (χ0n) is 19.7.